The Bertz CT molecular complexity index is 442. The Hall–Kier alpha value is -1.14. The summed E-state index contributed by atoms with van der Waals surface area (Å²) in [5.41, 5.74) is 0. The molecule has 3 rings (SSSR count). The van der Waals surface area contributed by atoms with E-state index in [1.165, 1.54) is 12.8 Å². The SMILES string of the molecule is CC1CCC(N2CC(C(=O)NCCN3CCNCC3)CC2=O)CC1. The minimum absolute atomic E-state index is 0.0603. The van der Waals surface area contributed by atoms with E-state index < -0.39 is 0 Å². The molecule has 136 valence electrons. The van der Waals surface area contributed by atoms with Crippen molar-refractivity contribution in [1.82, 2.24) is 20.4 Å². The van der Waals surface area contributed by atoms with Crippen molar-refractivity contribution in [2.75, 3.05) is 45.8 Å². The Kier molecular flexibility index (Phi) is 6.11. The zero-order valence-electron chi connectivity index (χ0n) is 14.9. The Balaban J connectivity index is 1.40. The van der Waals surface area contributed by atoms with Crippen molar-refractivity contribution in [2.45, 2.75) is 45.1 Å². The normalized spacial score (nSPS) is 32.1. The fourth-order valence-corrected chi connectivity index (χ4v) is 4.23. The number of hydrogen-bond donors (Lipinski definition) is 2. The number of carbonyl (C=O) groups is 2. The van der Waals surface area contributed by atoms with Gasteiger partial charge < -0.3 is 15.5 Å². The van der Waals surface area contributed by atoms with Crippen LogP contribution in [0, 0.1) is 11.8 Å². The number of hydrogen-bond acceptors (Lipinski definition) is 4. The van der Waals surface area contributed by atoms with Gasteiger partial charge in [-0.1, -0.05) is 6.92 Å². The van der Waals surface area contributed by atoms with E-state index in [1.54, 1.807) is 0 Å². The third kappa shape index (κ3) is 4.48. The molecule has 1 atom stereocenters. The first kappa shape index (κ1) is 17.7. The molecular formula is C18H32N4O2. The van der Waals surface area contributed by atoms with Gasteiger partial charge >= 0.3 is 0 Å². The molecule has 0 aromatic heterocycles. The van der Waals surface area contributed by atoms with Crippen LogP contribution in [0.4, 0.5) is 0 Å². The second-order valence-corrected chi connectivity index (χ2v) is 7.74. The lowest BCUT2D eigenvalue weighted by molar-refractivity contribution is -0.130. The van der Waals surface area contributed by atoms with Gasteiger partial charge in [-0.3, -0.25) is 14.5 Å². The van der Waals surface area contributed by atoms with E-state index in [2.05, 4.69) is 22.5 Å². The van der Waals surface area contributed by atoms with Crippen molar-refractivity contribution in [1.29, 1.82) is 0 Å². The Morgan fingerprint density at radius 2 is 1.92 bits per heavy atom. The molecule has 0 aromatic rings. The summed E-state index contributed by atoms with van der Waals surface area (Å²) in [7, 11) is 0. The molecule has 6 nitrogen and oxygen atoms in total. The minimum Gasteiger partial charge on any atom is -0.355 e. The Labute approximate surface area is 145 Å². The van der Waals surface area contributed by atoms with Crippen molar-refractivity contribution in [3.05, 3.63) is 0 Å². The molecule has 24 heavy (non-hydrogen) atoms. The quantitative estimate of drug-likeness (QED) is 0.764. The molecule has 1 saturated carbocycles. The van der Waals surface area contributed by atoms with Crippen LogP contribution in [-0.4, -0.2) is 73.5 Å². The molecule has 0 spiro atoms. The smallest absolute Gasteiger partial charge is 0.225 e. The molecular weight excluding hydrogens is 304 g/mol. The summed E-state index contributed by atoms with van der Waals surface area (Å²) in [6, 6.07) is 0.368. The van der Waals surface area contributed by atoms with E-state index in [9.17, 15) is 9.59 Å². The van der Waals surface area contributed by atoms with Gasteiger partial charge in [0.2, 0.25) is 11.8 Å². The van der Waals surface area contributed by atoms with E-state index in [1.807, 2.05) is 4.90 Å². The second kappa shape index (κ2) is 8.30. The van der Waals surface area contributed by atoms with E-state index in [-0.39, 0.29) is 17.7 Å². The molecule has 2 N–H and O–H groups in total. The van der Waals surface area contributed by atoms with Crippen molar-refractivity contribution in [3.63, 3.8) is 0 Å². The predicted octanol–water partition coefficient (Wildman–Crippen LogP) is 0.435. The summed E-state index contributed by atoms with van der Waals surface area (Å²) in [5, 5.41) is 6.37. The third-order valence-electron chi connectivity index (χ3n) is 5.89. The molecule has 1 aliphatic carbocycles. The number of piperazine rings is 1. The van der Waals surface area contributed by atoms with Crippen LogP contribution in [0.25, 0.3) is 0 Å². The number of nitrogens with one attached hydrogen (secondary N) is 2. The van der Waals surface area contributed by atoms with Gasteiger partial charge in [0.1, 0.15) is 0 Å². The summed E-state index contributed by atoms with van der Waals surface area (Å²) >= 11 is 0. The van der Waals surface area contributed by atoms with Gasteiger partial charge in [0, 0.05) is 58.3 Å². The molecule has 3 fully saturated rings. The van der Waals surface area contributed by atoms with Crippen LogP contribution in [0.5, 0.6) is 0 Å². The molecule has 0 aromatic carbocycles. The third-order valence-corrected chi connectivity index (χ3v) is 5.89. The van der Waals surface area contributed by atoms with Crippen molar-refractivity contribution in [2.24, 2.45) is 11.8 Å². The van der Waals surface area contributed by atoms with Crippen molar-refractivity contribution in [3.8, 4) is 0 Å². The summed E-state index contributed by atoms with van der Waals surface area (Å²) < 4.78 is 0. The largest absolute Gasteiger partial charge is 0.355 e. The van der Waals surface area contributed by atoms with Gasteiger partial charge in [0.25, 0.3) is 0 Å². The van der Waals surface area contributed by atoms with E-state index >= 15 is 0 Å². The molecule has 6 heteroatoms. The fourth-order valence-electron chi connectivity index (χ4n) is 4.23. The van der Waals surface area contributed by atoms with Crippen LogP contribution in [-0.2, 0) is 9.59 Å². The first-order valence-electron chi connectivity index (χ1n) is 9.63. The first-order chi connectivity index (χ1) is 11.6. The average molecular weight is 336 g/mol. The highest BCUT2D eigenvalue weighted by Crippen LogP contribution is 2.31. The maximum atomic E-state index is 12.4. The fraction of sp³-hybridized carbons (Fsp3) is 0.889. The lowest BCUT2D eigenvalue weighted by Crippen LogP contribution is -2.47. The first-order valence-corrected chi connectivity index (χ1v) is 9.63. The van der Waals surface area contributed by atoms with Crippen LogP contribution in [0.3, 0.4) is 0 Å². The zero-order chi connectivity index (χ0) is 16.9. The standard InChI is InChI=1S/C18H32N4O2/c1-14-2-4-16(5-3-14)22-13-15(12-17(22)23)18(24)20-8-11-21-9-6-19-7-10-21/h14-16,19H,2-13H2,1H3,(H,20,24). The van der Waals surface area contributed by atoms with Crippen LogP contribution in [0.1, 0.15) is 39.0 Å². The minimum atomic E-state index is -0.153. The maximum Gasteiger partial charge on any atom is 0.225 e. The highest BCUT2D eigenvalue weighted by Gasteiger charge is 2.38. The van der Waals surface area contributed by atoms with Crippen molar-refractivity contribution < 1.29 is 9.59 Å². The van der Waals surface area contributed by atoms with Gasteiger partial charge in [0.05, 0.1) is 5.92 Å². The number of amides is 2. The van der Waals surface area contributed by atoms with Crippen LogP contribution < -0.4 is 10.6 Å². The van der Waals surface area contributed by atoms with Gasteiger partial charge in [-0.2, -0.15) is 0 Å². The lowest BCUT2D eigenvalue weighted by Gasteiger charge is -2.33. The number of carbonyl (C=O) groups excluding carboxylic acids is 2. The summed E-state index contributed by atoms with van der Waals surface area (Å²) in [5.74, 6) is 0.866. The highest BCUT2D eigenvalue weighted by atomic mass is 16.2. The second-order valence-electron chi connectivity index (χ2n) is 7.74. The Morgan fingerprint density at radius 1 is 1.21 bits per heavy atom. The molecule has 1 unspecified atom stereocenters. The van der Waals surface area contributed by atoms with E-state index in [0.717, 1.165) is 51.5 Å². The molecule has 0 bridgehead atoms. The van der Waals surface area contributed by atoms with Gasteiger partial charge in [-0.15, -0.1) is 0 Å². The number of likely N-dealkylation sites (tertiary alicyclic amines) is 1. The number of nitrogens with zero attached hydrogens (tertiary/aromatic N) is 2. The summed E-state index contributed by atoms with van der Waals surface area (Å²) in [4.78, 5) is 29.1. The summed E-state index contributed by atoms with van der Waals surface area (Å²) in [6.45, 7) is 8.65. The number of rotatable bonds is 5. The monoisotopic (exact) mass is 336 g/mol. The highest BCUT2D eigenvalue weighted by molar-refractivity contribution is 5.89. The summed E-state index contributed by atoms with van der Waals surface area (Å²) in [6.07, 6.45) is 5.01. The molecule has 3 aliphatic rings. The maximum absolute atomic E-state index is 12.4. The molecule has 0 radical (unpaired) electrons. The van der Waals surface area contributed by atoms with Gasteiger partial charge in [-0.25, -0.2) is 0 Å². The zero-order valence-corrected chi connectivity index (χ0v) is 14.9. The van der Waals surface area contributed by atoms with E-state index in [0.29, 0.717) is 25.6 Å². The predicted molar refractivity (Wildman–Crippen MR) is 93.6 cm³/mol. The van der Waals surface area contributed by atoms with Crippen LogP contribution in [0.15, 0.2) is 0 Å². The molecule has 2 heterocycles. The molecule has 2 saturated heterocycles. The average Bonchev–Trinajstić information content (AvgIpc) is 2.98. The van der Waals surface area contributed by atoms with Gasteiger partial charge in [-0.05, 0) is 31.6 Å². The van der Waals surface area contributed by atoms with Crippen LogP contribution in [0.2, 0.25) is 0 Å². The molecule has 2 aliphatic heterocycles. The van der Waals surface area contributed by atoms with Crippen molar-refractivity contribution >= 4 is 11.8 Å². The lowest BCUT2D eigenvalue weighted by atomic mass is 9.87. The van der Waals surface area contributed by atoms with Gasteiger partial charge in [0.15, 0.2) is 0 Å². The van der Waals surface area contributed by atoms with Crippen LogP contribution >= 0.6 is 0 Å². The molecule has 2 amide bonds. The topological polar surface area (TPSA) is 64.7 Å². The Morgan fingerprint density at radius 3 is 2.62 bits per heavy atom. The van der Waals surface area contributed by atoms with E-state index in [4.69, 9.17) is 0 Å².